The predicted molar refractivity (Wildman–Crippen MR) is 138 cm³/mol. The number of halogens is 1. The summed E-state index contributed by atoms with van der Waals surface area (Å²) in [6.45, 7) is 6.95. The summed E-state index contributed by atoms with van der Waals surface area (Å²) >= 11 is 6.41. The summed E-state index contributed by atoms with van der Waals surface area (Å²) in [7, 11) is 0. The number of benzene rings is 1. The second kappa shape index (κ2) is 8.82. The first-order valence-electron chi connectivity index (χ1n) is 12.2. The van der Waals surface area contributed by atoms with Crippen LogP contribution in [0.25, 0.3) is 0 Å². The van der Waals surface area contributed by atoms with Gasteiger partial charge in [0.2, 0.25) is 17.8 Å². The quantitative estimate of drug-likeness (QED) is 0.513. The molecule has 8 nitrogen and oxygen atoms in total. The molecule has 4 N–H and O–H groups in total. The van der Waals surface area contributed by atoms with Gasteiger partial charge in [-0.15, -0.1) is 0 Å². The molecular weight excluding hydrogens is 464 g/mol. The Morgan fingerprint density at radius 1 is 1.29 bits per heavy atom. The van der Waals surface area contributed by atoms with Crippen molar-refractivity contribution in [2.45, 2.75) is 51.5 Å². The first kappa shape index (κ1) is 23.6. The van der Waals surface area contributed by atoms with E-state index < -0.39 is 0 Å². The predicted octanol–water partition coefficient (Wildman–Crippen LogP) is 4.39. The Morgan fingerprint density at radius 3 is 2.80 bits per heavy atom. The molecule has 35 heavy (non-hydrogen) atoms. The molecule has 1 saturated carbocycles. The number of primary amides is 1. The van der Waals surface area contributed by atoms with Crippen LogP contribution in [0.15, 0.2) is 36.5 Å². The summed E-state index contributed by atoms with van der Waals surface area (Å²) in [5, 5.41) is 6.99. The number of hydrogen-bond acceptors (Lipinski definition) is 6. The number of allylic oxidation sites excluding steroid dienone is 1. The van der Waals surface area contributed by atoms with E-state index in [4.69, 9.17) is 17.3 Å². The Hall–Kier alpha value is -3.13. The van der Waals surface area contributed by atoms with Gasteiger partial charge in [0.15, 0.2) is 5.82 Å². The number of carbonyl (C=O) groups excluding carboxylic acids is 2. The number of nitrogens with zero attached hydrogens (tertiary/aromatic N) is 3. The lowest BCUT2D eigenvalue weighted by atomic mass is 9.80. The van der Waals surface area contributed by atoms with Crippen molar-refractivity contribution < 1.29 is 9.59 Å². The van der Waals surface area contributed by atoms with Crippen molar-refractivity contribution in [1.29, 1.82) is 0 Å². The second-order valence-electron chi connectivity index (χ2n) is 10.3. The second-order valence-corrected chi connectivity index (χ2v) is 10.7. The lowest BCUT2D eigenvalue weighted by molar-refractivity contribution is -0.122. The molecule has 0 radical (unpaired) electrons. The zero-order chi connectivity index (χ0) is 24.9. The zero-order valence-corrected chi connectivity index (χ0v) is 21.0. The largest absolute Gasteiger partial charge is 0.369 e. The maximum Gasteiger partial charge on any atom is 0.229 e. The van der Waals surface area contributed by atoms with Crippen LogP contribution in [0.1, 0.15) is 45.6 Å². The molecule has 1 aromatic heterocycles. The van der Waals surface area contributed by atoms with Gasteiger partial charge in [0.05, 0.1) is 12.1 Å². The number of nitrogens with two attached hydrogens (primary N) is 1. The maximum absolute atomic E-state index is 12.8. The molecule has 184 valence electrons. The van der Waals surface area contributed by atoms with Gasteiger partial charge in [-0.25, -0.2) is 4.98 Å². The van der Waals surface area contributed by atoms with Crippen molar-refractivity contribution >= 4 is 46.6 Å². The highest BCUT2D eigenvalue weighted by Crippen LogP contribution is 2.45. The van der Waals surface area contributed by atoms with Crippen LogP contribution >= 0.6 is 11.6 Å². The summed E-state index contributed by atoms with van der Waals surface area (Å²) in [6, 6.07) is 5.90. The fourth-order valence-electron chi connectivity index (χ4n) is 5.80. The Morgan fingerprint density at radius 2 is 2.06 bits per heavy atom. The minimum atomic E-state index is -0.314. The standard InChI is InChI=1S/C26H31ClN6O2/c1-4-33-19-12-16(7-8-17(19)26(2,3)10-9-20(33)34)30-25-29-13-18(27)24(32-25)31-22-15-6-5-14(11-15)21(22)23(28)35/h5-8,12-15,21-22H,4,9-11H2,1-3H3,(H2,28,35)(H2,29,30,31,32)/t14-,15+,21+,22-/m1/s1. The van der Waals surface area contributed by atoms with E-state index in [2.05, 4.69) is 52.7 Å². The smallest absolute Gasteiger partial charge is 0.229 e. The number of amides is 2. The molecule has 5 rings (SSSR count). The van der Waals surface area contributed by atoms with Gasteiger partial charge in [-0.2, -0.15) is 4.98 Å². The number of fused-ring (bicyclic) bond motifs is 3. The molecule has 2 bridgehead atoms. The topological polar surface area (TPSA) is 113 Å². The Kier molecular flexibility index (Phi) is 5.95. The summed E-state index contributed by atoms with van der Waals surface area (Å²) < 4.78 is 0. The van der Waals surface area contributed by atoms with E-state index in [9.17, 15) is 9.59 Å². The average molecular weight is 495 g/mol. The van der Waals surface area contributed by atoms with Gasteiger partial charge in [0.25, 0.3) is 0 Å². The molecule has 2 aromatic rings. The molecular formula is C26H31ClN6O2. The Balaban J connectivity index is 1.42. The number of rotatable bonds is 6. The summed E-state index contributed by atoms with van der Waals surface area (Å²) in [4.78, 5) is 35.6. The zero-order valence-electron chi connectivity index (χ0n) is 20.2. The summed E-state index contributed by atoms with van der Waals surface area (Å²) in [5.41, 5.74) is 8.43. The summed E-state index contributed by atoms with van der Waals surface area (Å²) in [6.07, 6.45) is 7.98. The average Bonchev–Trinajstić information content (AvgIpc) is 3.40. The van der Waals surface area contributed by atoms with Crippen LogP contribution in [0.3, 0.4) is 0 Å². The molecule has 4 atom stereocenters. The van der Waals surface area contributed by atoms with E-state index in [-0.39, 0.29) is 41.0 Å². The number of carbonyl (C=O) groups is 2. The van der Waals surface area contributed by atoms with E-state index >= 15 is 0 Å². The van der Waals surface area contributed by atoms with Crippen LogP contribution in [-0.4, -0.2) is 34.4 Å². The highest BCUT2D eigenvalue weighted by molar-refractivity contribution is 6.32. The van der Waals surface area contributed by atoms with Crippen LogP contribution in [0, 0.1) is 17.8 Å². The van der Waals surface area contributed by atoms with Gasteiger partial charge >= 0.3 is 0 Å². The minimum Gasteiger partial charge on any atom is -0.369 e. The fourth-order valence-corrected chi connectivity index (χ4v) is 5.94. The van der Waals surface area contributed by atoms with Crippen LogP contribution in [0.5, 0.6) is 0 Å². The fraction of sp³-hybridized carbons (Fsp3) is 0.462. The van der Waals surface area contributed by atoms with E-state index in [1.807, 2.05) is 24.0 Å². The number of hydrogen-bond donors (Lipinski definition) is 3. The van der Waals surface area contributed by atoms with Crippen molar-refractivity contribution in [2.24, 2.45) is 23.5 Å². The van der Waals surface area contributed by atoms with Gasteiger partial charge < -0.3 is 21.3 Å². The molecule has 1 fully saturated rings. The SMILES string of the molecule is CCN1C(=O)CCC(C)(C)c2ccc(Nc3ncc(Cl)c(N[C@H]4[C@@H](C(N)=O)[C@@H]5C=C[C@H]4C5)n3)cc21. The van der Waals surface area contributed by atoms with E-state index in [0.29, 0.717) is 29.8 Å². The van der Waals surface area contributed by atoms with Gasteiger partial charge in [0.1, 0.15) is 5.02 Å². The molecule has 2 aliphatic carbocycles. The highest BCUT2D eigenvalue weighted by Gasteiger charge is 2.47. The molecule has 0 spiro atoms. The number of nitrogens with one attached hydrogen (secondary N) is 2. The van der Waals surface area contributed by atoms with Crippen molar-refractivity contribution in [1.82, 2.24) is 9.97 Å². The number of aromatic nitrogens is 2. The van der Waals surface area contributed by atoms with Gasteiger partial charge in [-0.1, -0.05) is 43.7 Å². The van der Waals surface area contributed by atoms with Crippen LogP contribution in [0.2, 0.25) is 5.02 Å². The third-order valence-corrected chi connectivity index (χ3v) is 7.97. The van der Waals surface area contributed by atoms with Crippen LogP contribution in [0.4, 0.5) is 23.1 Å². The molecule has 2 amide bonds. The minimum absolute atomic E-state index is 0.104. The molecule has 1 aromatic carbocycles. The maximum atomic E-state index is 12.8. The summed E-state index contributed by atoms with van der Waals surface area (Å²) in [5.74, 6) is 0.723. The third-order valence-electron chi connectivity index (χ3n) is 7.69. The third kappa shape index (κ3) is 4.24. The van der Waals surface area contributed by atoms with E-state index in [1.165, 1.54) is 6.20 Å². The highest BCUT2D eigenvalue weighted by atomic mass is 35.5. The van der Waals surface area contributed by atoms with Crippen LogP contribution < -0.4 is 21.3 Å². The van der Waals surface area contributed by atoms with Crippen molar-refractivity contribution in [3.63, 3.8) is 0 Å². The van der Waals surface area contributed by atoms with Crippen molar-refractivity contribution in [3.8, 4) is 0 Å². The van der Waals surface area contributed by atoms with Crippen molar-refractivity contribution in [3.05, 3.63) is 47.1 Å². The molecule has 9 heteroatoms. The van der Waals surface area contributed by atoms with Crippen molar-refractivity contribution in [2.75, 3.05) is 22.1 Å². The molecule has 0 unspecified atom stereocenters. The lowest BCUT2D eigenvalue weighted by Crippen LogP contribution is -2.41. The lowest BCUT2D eigenvalue weighted by Gasteiger charge is -2.28. The first-order valence-corrected chi connectivity index (χ1v) is 12.5. The molecule has 0 saturated heterocycles. The number of anilines is 4. The molecule has 3 aliphatic rings. The van der Waals surface area contributed by atoms with E-state index in [0.717, 1.165) is 29.8 Å². The Labute approximate surface area is 210 Å². The van der Waals surface area contributed by atoms with Gasteiger partial charge in [-0.3, -0.25) is 9.59 Å². The normalized spacial score (nSPS) is 26.4. The van der Waals surface area contributed by atoms with Gasteiger partial charge in [0, 0.05) is 30.4 Å². The molecule has 1 aliphatic heterocycles. The van der Waals surface area contributed by atoms with E-state index in [1.54, 1.807) is 0 Å². The van der Waals surface area contributed by atoms with Gasteiger partial charge in [-0.05, 0) is 54.7 Å². The Bertz CT molecular complexity index is 1210. The van der Waals surface area contributed by atoms with Crippen LogP contribution in [-0.2, 0) is 15.0 Å². The molecule has 2 heterocycles. The first-order chi connectivity index (χ1) is 16.7. The monoisotopic (exact) mass is 494 g/mol.